The van der Waals surface area contributed by atoms with Crippen LogP contribution in [0.25, 0.3) is 21.5 Å². The minimum atomic E-state index is -0.485. The molecule has 0 aliphatic heterocycles. The van der Waals surface area contributed by atoms with Gasteiger partial charge in [0.15, 0.2) is 6.61 Å². The summed E-state index contributed by atoms with van der Waals surface area (Å²) in [6.07, 6.45) is 3.28. The summed E-state index contributed by atoms with van der Waals surface area (Å²) >= 11 is 1.70. The Morgan fingerprint density at radius 3 is 2.77 bits per heavy atom. The van der Waals surface area contributed by atoms with Gasteiger partial charge in [0.05, 0.1) is 22.4 Å². The van der Waals surface area contributed by atoms with E-state index >= 15 is 0 Å². The third-order valence-electron chi connectivity index (χ3n) is 6.69. The van der Waals surface area contributed by atoms with E-state index < -0.39 is 5.97 Å². The van der Waals surface area contributed by atoms with Crippen molar-refractivity contribution in [3.05, 3.63) is 62.7 Å². The van der Waals surface area contributed by atoms with Gasteiger partial charge in [0.25, 0.3) is 17.3 Å². The average molecular weight is 493 g/mol. The zero-order valence-corrected chi connectivity index (χ0v) is 21.1. The molecule has 3 heterocycles. The smallest absolute Gasteiger partial charge is 0.312 e. The first-order chi connectivity index (χ1) is 16.7. The zero-order chi connectivity index (χ0) is 24.7. The number of benzene rings is 1. The standard InChI is InChI=1S/C26H28N4O4S/c1-26(2,3)16-9-10-20-15(11-16)12-21(35-20)24-28-27-22(34-24)14-33-23(31)13-19-17-7-5-6-8-18(17)25(32)30(4)29-19/h5-8,12,16H,9-11,13-14H2,1-4H3. The molecule has 1 aliphatic carbocycles. The first-order valence-corrected chi connectivity index (χ1v) is 12.6. The molecule has 0 bridgehead atoms. The molecule has 35 heavy (non-hydrogen) atoms. The van der Waals surface area contributed by atoms with Crippen molar-refractivity contribution in [1.29, 1.82) is 0 Å². The number of ether oxygens (including phenoxy) is 1. The third kappa shape index (κ3) is 4.77. The van der Waals surface area contributed by atoms with Crippen LogP contribution in [-0.2, 0) is 42.4 Å². The van der Waals surface area contributed by atoms with Gasteiger partial charge in [-0.05, 0) is 48.3 Å². The van der Waals surface area contributed by atoms with Gasteiger partial charge in [0.1, 0.15) is 0 Å². The summed E-state index contributed by atoms with van der Waals surface area (Å²) in [6, 6.07) is 9.26. The largest absolute Gasteiger partial charge is 0.455 e. The minimum Gasteiger partial charge on any atom is -0.455 e. The molecule has 4 aromatic rings. The Labute approximate surface area is 206 Å². The maximum Gasteiger partial charge on any atom is 0.312 e. The van der Waals surface area contributed by atoms with Crippen LogP contribution >= 0.6 is 11.3 Å². The second-order valence-electron chi connectivity index (χ2n) is 10.1. The Balaban J connectivity index is 1.25. The number of hydrogen-bond donors (Lipinski definition) is 0. The van der Waals surface area contributed by atoms with Crippen molar-refractivity contribution in [3.8, 4) is 10.8 Å². The number of esters is 1. The van der Waals surface area contributed by atoms with E-state index in [9.17, 15) is 9.59 Å². The molecule has 9 heteroatoms. The van der Waals surface area contributed by atoms with Crippen molar-refractivity contribution >= 4 is 28.1 Å². The molecule has 3 aromatic heterocycles. The molecule has 0 amide bonds. The number of rotatable bonds is 5. The molecule has 182 valence electrons. The molecule has 0 spiro atoms. The minimum absolute atomic E-state index is 0.0672. The first kappa shape index (κ1) is 23.4. The number of carbonyl (C=O) groups is 1. The monoisotopic (exact) mass is 492 g/mol. The Kier molecular flexibility index (Phi) is 6.04. The summed E-state index contributed by atoms with van der Waals surface area (Å²) < 4.78 is 12.4. The fraction of sp³-hybridized carbons (Fsp3) is 0.423. The molecule has 0 saturated heterocycles. The normalized spacial score (nSPS) is 15.8. The molecule has 0 radical (unpaired) electrons. The van der Waals surface area contributed by atoms with Crippen LogP contribution in [0, 0.1) is 11.3 Å². The topological polar surface area (TPSA) is 100 Å². The average Bonchev–Trinajstić information content (AvgIpc) is 3.47. The molecule has 8 nitrogen and oxygen atoms in total. The van der Waals surface area contributed by atoms with Crippen LogP contribution in [0.1, 0.15) is 49.2 Å². The third-order valence-corrected chi connectivity index (χ3v) is 7.91. The lowest BCUT2D eigenvalue weighted by Gasteiger charge is -2.33. The lowest BCUT2D eigenvalue weighted by Crippen LogP contribution is -2.26. The van der Waals surface area contributed by atoms with Gasteiger partial charge in [-0.25, -0.2) is 4.68 Å². The van der Waals surface area contributed by atoms with Crippen molar-refractivity contribution in [2.45, 2.75) is 53.1 Å². The molecule has 1 aliphatic rings. The van der Waals surface area contributed by atoms with E-state index in [1.807, 2.05) is 6.07 Å². The quantitative estimate of drug-likeness (QED) is 0.379. The number of aryl methyl sites for hydroxylation is 2. The predicted molar refractivity (Wildman–Crippen MR) is 133 cm³/mol. The summed E-state index contributed by atoms with van der Waals surface area (Å²) in [7, 11) is 1.56. The van der Waals surface area contributed by atoms with Gasteiger partial charge >= 0.3 is 5.97 Å². The fourth-order valence-electron chi connectivity index (χ4n) is 4.62. The van der Waals surface area contributed by atoms with Crippen LogP contribution in [0.3, 0.4) is 0 Å². The van der Waals surface area contributed by atoms with Crippen LogP contribution in [-0.4, -0.2) is 25.9 Å². The number of hydrogen-bond acceptors (Lipinski definition) is 8. The second-order valence-corrected chi connectivity index (χ2v) is 11.3. The molecular formula is C26H28N4O4S. The lowest BCUT2D eigenvalue weighted by atomic mass is 9.72. The summed E-state index contributed by atoms with van der Waals surface area (Å²) in [6.45, 7) is 6.80. The number of carbonyl (C=O) groups excluding carboxylic acids is 1. The maximum absolute atomic E-state index is 12.5. The number of fused-ring (bicyclic) bond motifs is 2. The summed E-state index contributed by atoms with van der Waals surface area (Å²) in [5.41, 5.74) is 1.94. The van der Waals surface area contributed by atoms with Gasteiger partial charge < -0.3 is 9.15 Å². The van der Waals surface area contributed by atoms with E-state index in [1.165, 1.54) is 21.5 Å². The highest BCUT2D eigenvalue weighted by Crippen LogP contribution is 2.42. The van der Waals surface area contributed by atoms with E-state index in [-0.39, 0.29) is 29.9 Å². The van der Waals surface area contributed by atoms with Crippen LogP contribution in [0.4, 0.5) is 0 Å². The molecule has 0 N–H and O–H groups in total. The van der Waals surface area contributed by atoms with Gasteiger partial charge in [-0.1, -0.05) is 39.0 Å². The number of nitrogens with zero attached hydrogens (tertiary/aromatic N) is 4. The summed E-state index contributed by atoms with van der Waals surface area (Å²) in [4.78, 5) is 27.1. The van der Waals surface area contributed by atoms with Crippen LogP contribution < -0.4 is 5.56 Å². The van der Waals surface area contributed by atoms with Gasteiger partial charge in [0.2, 0.25) is 0 Å². The van der Waals surface area contributed by atoms with E-state index in [2.05, 4.69) is 42.1 Å². The van der Waals surface area contributed by atoms with Crippen molar-refractivity contribution in [1.82, 2.24) is 20.0 Å². The van der Waals surface area contributed by atoms with E-state index in [0.717, 1.165) is 17.7 Å². The fourth-order valence-corrected chi connectivity index (χ4v) is 5.75. The second kappa shape index (κ2) is 9.03. The Bertz CT molecular complexity index is 1460. The van der Waals surface area contributed by atoms with Gasteiger partial charge in [-0.2, -0.15) is 5.10 Å². The molecule has 5 rings (SSSR count). The van der Waals surface area contributed by atoms with Crippen molar-refractivity contribution in [2.24, 2.45) is 18.4 Å². The van der Waals surface area contributed by atoms with Crippen LogP contribution in [0.5, 0.6) is 0 Å². The van der Waals surface area contributed by atoms with Crippen LogP contribution in [0.15, 0.2) is 39.5 Å². The number of thiophene rings is 1. The highest BCUT2D eigenvalue weighted by atomic mass is 32.1. The molecule has 0 fully saturated rings. The molecule has 1 unspecified atom stereocenters. The Morgan fingerprint density at radius 1 is 1.23 bits per heavy atom. The van der Waals surface area contributed by atoms with Gasteiger partial charge in [-0.15, -0.1) is 21.5 Å². The van der Waals surface area contributed by atoms with Crippen molar-refractivity contribution in [3.63, 3.8) is 0 Å². The Morgan fingerprint density at radius 2 is 2.00 bits per heavy atom. The number of aromatic nitrogens is 4. The first-order valence-electron chi connectivity index (χ1n) is 11.7. The highest BCUT2D eigenvalue weighted by molar-refractivity contribution is 7.15. The van der Waals surface area contributed by atoms with Gasteiger partial charge in [0, 0.05) is 17.3 Å². The van der Waals surface area contributed by atoms with Crippen molar-refractivity contribution < 1.29 is 13.9 Å². The SMILES string of the molecule is Cn1nc(CC(=O)OCc2nnc(-c3cc4c(s3)CCC(C(C)(C)C)C4)o2)c2ccccc2c1=O. The lowest BCUT2D eigenvalue weighted by molar-refractivity contribution is -0.144. The molecule has 1 aromatic carbocycles. The molecule has 0 saturated carbocycles. The van der Waals surface area contributed by atoms with E-state index in [0.29, 0.717) is 28.3 Å². The molecular weight excluding hydrogens is 464 g/mol. The maximum atomic E-state index is 12.5. The Hall–Kier alpha value is -3.33. The summed E-state index contributed by atoms with van der Waals surface area (Å²) in [5, 5.41) is 13.6. The predicted octanol–water partition coefficient (Wildman–Crippen LogP) is 4.48. The van der Waals surface area contributed by atoms with Gasteiger partial charge in [-0.3, -0.25) is 9.59 Å². The highest BCUT2D eigenvalue weighted by Gasteiger charge is 2.30. The van der Waals surface area contributed by atoms with E-state index in [4.69, 9.17) is 9.15 Å². The zero-order valence-electron chi connectivity index (χ0n) is 20.3. The van der Waals surface area contributed by atoms with Crippen LogP contribution in [0.2, 0.25) is 0 Å². The van der Waals surface area contributed by atoms with Crippen molar-refractivity contribution in [2.75, 3.05) is 0 Å². The van der Waals surface area contributed by atoms with E-state index in [1.54, 1.807) is 36.6 Å². The summed E-state index contributed by atoms with van der Waals surface area (Å²) in [5.74, 6) is 0.869. The molecule has 1 atom stereocenters.